The number of aryl methyl sites for hydroxylation is 2. The second-order valence-electron chi connectivity index (χ2n) is 4.13. The number of aromatic nitrogens is 1. The Bertz CT molecular complexity index is 549. The molecule has 2 aromatic rings. The van der Waals surface area contributed by atoms with Crippen LogP contribution in [-0.2, 0) is 0 Å². The molecule has 1 heterocycles. The highest BCUT2D eigenvalue weighted by Gasteiger charge is 2.05. The van der Waals surface area contributed by atoms with Crippen LogP contribution >= 0.6 is 11.8 Å². The number of nitrogens with two attached hydrogens (primary N) is 1. The predicted octanol–water partition coefficient (Wildman–Crippen LogP) is 3.44. The minimum absolute atomic E-state index is 0.709. The average molecular weight is 260 g/mol. The molecule has 4 heteroatoms. The topological polar surface area (TPSA) is 48.1 Å². The third kappa shape index (κ3) is 2.96. The molecule has 0 spiro atoms. The Morgan fingerprint density at radius 2 is 1.94 bits per heavy atom. The van der Waals surface area contributed by atoms with E-state index < -0.39 is 0 Å². The molecule has 0 atom stereocenters. The van der Waals surface area contributed by atoms with Gasteiger partial charge in [-0.2, -0.15) is 0 Å². The molecule has 2 N–H and O–H groups in total. The van der Waals surface area contributed by atoms with Gasteiger partial charge in [0.1, 0.15) is 10.8 Å². The molecule has 18 heavy (non-hydrogen) atoms. The molecule has 0 amide bonds. The molecule has 0 aliphatic carbocycles. The average Bonchev–Trinajstić information content (AvgIpc) is 2.30. The van der Waals surface area contributed by atoms with Crippen molar-refractivity contribution in [2.45, 2.75) is 23.8 Å². The molecule has 1 aromatic carbocycles. The highest BCUT2D eigenvalue weighted by atomic mass is 32.2. The lowest BCUT2D eigenvalue weighted by Gasteiger charge is -2.08. The zero-order chi connectivity index (χ0) is 13.1. The van der Waals surface area contributed by atoms with Crippen molar-refractivity contribution in [2.24, 2.45) is 0 Å². The summed E-state index contributed by atoms with van der Waals surface area (Å²) in [7, 11) is 1.63. The fourth-order valence-electron chi connectivity index (χ4n) is 1.72. The Hall–Kier alpha value is -1.68. The Morgan fingerprint density at radius 1 is 1.17 bits per heavy atom. The normalized spacial score (nSPS) is 10.4. The maximum absolute atomic E-state index is 5.99. The van der Waals surface area contributed by atoms with E-state index in [1.807, 2.05) is 25.1 Å². The summed E-state index contributed by atoms with van der Waals surface area (Å²) in [6, 6.07) is 9.80. The first-order chi connectivity index (χ1) is 8.58. The number of hydrogen-bond donors (Lipinski definition) is 1. The van der Waals surface area contributed by atoms with Crippen LogP contribution in [0, 0.1) is 13.8 Å². The molecular formula is C14H16N2OS. The number of nitrogen functional groups attached to an aromatic ring is 1. The van der Waals surface area contributed by atoms with Gasteiger partial charge in [0.05, 0.1) is 7.11 Å². The minimum atomic E-state index is 0.709. The second kappa shape index (κ2) is 5.31. The van der Waals surface area contributed by atoms with Gasteiger partial charge in [0.2, 0.25) is 0 Å². The number of nitrogens with zero attached hydrogens (tertiary/aromatic N) is 1. The van der Waals surface area contributed by atoms with Crippen molar-refractivity contribution in [1.29, 1.82) is 0 Å². The highest BCUT2D eigenvalue weighted by Crippen LogP contribution is 2.33. The molecular weight excluding hydrogens is 244 g/mol. The highest BCUT2D eigenvalue weighted by molar-refractivity contribution is 7.99. The van der Waals surface area contributed by atoms with E-state index in [2.05, 4.69) is 24.0 Å². The molecule has 0 saturated carbocycles. The van der Waals surface area contributed by atoms with Gasteiger partial charge in [0.25, 0.3) is 0 Å². The smallest absolute Gasteiger partial charge is 0.120 e. The van der Waals surface area contributed by atoms with Gasteiger partial charge >= 0.3 is 0 Å². The summed E-state index contributed by atoms with van der Waals surface area (Å²) >= 11 is 1.57. The number of methoxy groups -OCH3 is 1. The minimum Gasteiger partial charge on any atom is -0.497 e. The van der Waals surface area contributed by atoms with Crippen molar-refractivity contribution in [3.63, 3.8) is 0 Å². The first kappa shape index (κ1) is 12.8. The van der Waals surface area contributed by atoms with Crippen LogP contribution in [0.3, 0.4) is 0 Å². The van der Waals surface area contributed by atoms with Crippen LogP contribution < -0.4 is 10.5 Å². The number of anilines is 1. The fourth-order valence-corrected chi connectivity index (χ4v) is 2.69. The van der Waals surface area contributed by atoms with Crippen molar-refractivity contribution in [3.8, 4) is 5.75 Å². The number of pyridine rings is 1. The zero-order valence-corrected chi connectivity index (χ0v) is 11.5. The van der Waals surface area contributed by atoms with E-state index in [4.69, 9.17) is 10.5 Å². The van der Waals surface area contributed by atoms with E-state index in [0.29, 0.717) is 5.69 Å². The van der Waals surface area contributed by atoms with Crippen molar-refractivity contribution >= 4 is 17.4 Å². The van der Waals surface area contributed by atoms with Gasteiger partial charge < -0.3 is 10.5 Å². The van der Waals surface area contributed by atoms with Gasteiger partial charge in [0, 0.05) is 22.3 Å². The summed E-state index contributed by atoms with van der Waals surface area (Å²) in [4.78, 5) is 5.48. The molecule has 0 radical (unpaired) electrons. The lowest BCUT2D eigenvalue weighted by atomic mass is 10.3. The summed E-state index contributed by atoms with van der Waals surface area (Å²) in [6.07, 6.45) is 0. The van der Waals surface area contributed by atoms with Crippen molar-refractivity contribution < 1.29 is 4.74 Å². The zero-order valence-electron chi connectivity index (χ0n) is 10.7. The fraction of sp³-hybridized carbons (Fsp3) is 0.214. The van der Waals surface area contributed by atoms with Crippen molar-refractivity contribution in [1.82, 2.24) is 4.98 Å². The van der Waals surface area contributed by atoms with Crippen LogP contribution in [0.5, 0.6) is 5.75 Å². The van der Waals surface area contributed by atoms with E-state index in [9.17, 15) is 0 Å². The first-order valence-electron chi connectivity index (χ1n) is 5.65. The van der Waals surface area contributed by atoms with Gasteiger partial charge in [-0.1, -0.05) is 11.8 Å². The van der Waals surface area contributed by atoms with E-state index in [1.54, 1.807) is 18.9 Å². The van der Waals surface area contributed by atoms with Crippen LogP contribution in [0.25, 0.3) is 0 Å². The number of ether oxygens (including phenoxy) is 1. The summed E-state index contributed by atoms with van der Waals surface area (Å²) in [5.74, 6) is 0.769. The molecule has 0 fully saturated rings. The lowest BCUT2D eigenvalue weighted by molar-refractivity contribution is 0.415. The Morgan fingerprint density at radius 3 is 2.56 bits per heavy atom. The largest absolute Gasteiger partial charge is 0.497 e. The first-order valence-corrected chi connectivity index (χ1v) is 6.47. The van der Waals surface area contributed by atoms with Gasteiger partial charge in [-0.05, 0) is 43.7 Å². The molecule has 2 rings (SSSR count). The van der Waals surface area contributed by atoms with Crippen LogP contribution in [-0.4, -0.2) is 12.1 Å². The van der Waals surface area contributed by atoms with Crippen LogP contribution in [0.4, 0.5) is 5.69 Å². The van der Waals surface area contributed by atoms with Crippen LogP contribution in [0.2, 0.25) is 0 Å². The number of hydrogen-bond acceptors (Lipinski definition) is 4. The third-order valence-electron chi connectivity index (χ3n) is 2.51. The summed E-state index contributed by atoms with van der Waals surface area (Å²) in [5.41, 5.74) is 8.92. The lowest BCUT2D eigenvalue weighted by Crippen LogP contribution is -1.92. The quantitative estimate of drug-likeness (QED) is 0.859. The van der Waals surface area contributed by atoms with Gasteiger partial charge in [-0.15, -0.1) is 0 Å². The Balaban J connectivity index is 2.28. The second-order valence-corrected chi connectivity index (χ2v) is 5.19. The molecule has 0 aliphatic rings. The Labute approximate surface area is 111 Å². The Kier molecular flexibility index (Phi) is 3.77. The van der Waals surface area contributed by atoms with E-state index >= 15 is 0 Å². The maximum atomic E-state index is 5.99. The monoisotopic (exact) mass is 260 g/mol. The third-order valence-corrected chi connectivity index (χ3v) is 3.52. The van der Waals surface area contributed by atoms with Crippen molar-refractivity contribution in [3.05, 3.63) is 41.6 Å². The van der Waals surface area contributed by atoms with Crippen molar-refractivity contribution in [2.75, 3.05) is 12.8 Å². The standard InChI is InChI=1S/C14H16N2OS/c1-9-6-10(2)16-14(7-9)18-13-5-4-11(17-3)8-12(13)15/h4-8H,15H2,1-3H3. The van der Waals surface area contributed by atoms with Gasteiger partial charge in [-0.3, -0.25) is 0 Å². The van der Waals surface area contributed by atoms with Gasteiger partial charge in [0.15, 0.2) is 0 Å². The molecule has 0 bridgehead atoms. The van der Waals surface area contributed by atoms with E-state index in [-0.39, 0.29) is 0 Å². The van der Waals surface area contributed by atoms with E-state index in [1.165, 1.54) is 5.56 Å². The van der Waals surface area contributed by atoms with Crippen LogP contribution in [0.15, 0.2) is 40.3 Å². The van der Waals surface area contributed by atoms with Crippen LogP contribution in [0.1, 0.15) is 11.3 Å². The number of benzene rings is 1. The molecule has 3 nitrogen and oxygen atoms in total. The number of rotatable bonds is 3. The molecule has 94 valence electrons. The summed E-state index contributed by atoms with van der Waals surface area (Å²) < 4.78 is 5.13. The summed E-state index contributed by atoms with van der Waals surface area (Å²) in [5, 5.41) is 0.962. The molecule has 0 aliphatic heterocycles. The SMILES string of the molecule is COc1ccc(Sc2cc(C)cc(C)n2)c(N)c1. The molecule has 0 saturated heterocycles. The molecule has 1 aromatic heterocycles. The van der Waals surface area contributed by atoms with Gasteiger partial charge in [-0.25, -0.2) is 4.98 Å². The maximum Gasteiger partial charge on any atom is 0.120 e. The van der Waals surface area contributed by atoms with E-state index in [0.717, 1.165) is 21.4 Å². The molecule has 0 unspecified atom stereocenters. The predicted molar refractivity (Wildman–Crippen MR) is 75.2 cm³/mol. The summed E-state index contributed by atoms with van der Waals surface area (Å²) in [6.45, 7) is 4.06.